The van der Waals surface area contributed by atoms with Gasteiger partial charge in [0.05, 0.1) is 4.90 Å². The maximum Gasteiger partial charge on any atom is 0.243 e. The predicted octanol–water partition coefficient (Wildman–Crippen LogP) is 2.65. The minimum absolute atomic E-state index is 0.297. The molecule has 0 bridgehead atoms. The minimum atomic E-state index is -3.47. The largest absolute Gasteiger partial charge is 0.243 e. The van der Waals surface area contributed by atoms with Gasteiger partial charge in [-0.1, -0.05) is 42.5 Å². The molecule has 2 rings (SSSR count). The lowest BCUT2D eigenvalue weighted by molar-refractivity contribution is 0.500. The van der Waals surface area contributed by atoms with Crippen molar-refractivity contribution in [1.29, 1.82) is 0 Å². The Morgan fingerprint density at radius 1 is 1.17 bits per heavy atom. The molecule has 0 saturated carbocycles. The number of benzene rings is 2. The van der Waals surface area contributed by atoms with Crippen LogP contribution in [0.4, 0.5) is 0 Å². The van der Waals surface area contributed by atoms with E-state index in [0.29, 0.717) is 11.4 Å². The van der Waals surface area contributed by atoms with Crippen molar-refractivity contribution in [1.82, 2.24) is 4.31 Å². The van der Waals surface area contributed by atoms with Gasteiger partial charge >= 0.3 is 0 Å². The lowest BCUT2D eigenvalue weighted by atomic mass is 10.1. The lowest BCUT2D eigenvalue weighted by Crippen LogP contribution is -2.27. The first kappa shape index (κ1) is 12.8. The third-order valence-corrected chi connectivity index (χ3v) is 4.71. The van der Waals surface area contributed by atoms with Crippen molar-refractivity contribution < 1.29 is 8.42 Å². The first-order chi connectivity index (χ1) is 8.57. The Morgan fingerprint density at radius 2 is 1.83 bits per heavy atom. The molecule has 0 saturated heterocycles. The number of hydrogen-bond donors (Lipinski definition) is 0. The summed E-state index contributed by atoms with van der Waals surface area (Å²) in [6.45, 7) is 3.86. The molecule has 0 spiro atoms. The molecule has 0 unspecified atom stereocenters. The van der Waals surface area contributed by atoms with Gasteiger partial charge in [0.2, 0.25) is 10.0 Å². The molecule has 3 nitrogen and oxygen atoms in total. The number of hydrogen-bond acceptors (Lipinski definition) is 2. The Hall–Kier alpha value is -1.65. The van der Waals surface area contributed by atoms with Crippen molar-refractivity contribution in [2.45, 2.75) is 4.90 Å². The van der Waals surface area contributed by atoms with Crippen LogP contribution in [0.5, 0.6) is 0 Å². The third kappa shape index (κ3) is 2.17. The SMILES string of the molecule is C=CCN(C)S(=O)(=O)c1cccc2ccccc12. The molecule has 4 heteroatoms. The van der Waals surface area contributed by atoms with E-state index in [4.69, 9.17) is 0 Å². The Labute approximate surface area is 107 Å². The monoisotopic (exact) mass is 261 g/mol. The van der Waals surface area contributed by atoms with E-state index in [1.54, 1.807) is 25.3 Å². The highest BCUT2D eigenvalue weighted by Gasteiger charge is 2.21. The van der Waals surface area contributed by atoms with Crippen molar-refractivity contribution in [2.24, 2.45) is 0 Å². The van der Waals surface area contributed by atoms with Crippen molar-refractivity contribution in [2.75, 3.05) is 13.6 Å². The number of likely N-dealkylation sites (N-methyl/N-ethyl adjacent to an activating group) is 1. The van der Waals surface area contributed by atoms with Crippen LogP contribution in [-0.2, 0) is 10.0 Å². The molecule has 0 radical (unpaired) electrons. The van der Waals surface area contributed by atoms with Gasteiger partial charge in [0.1, 0.15) is 0 Å². The van der Waals surface area contributed by atoms with E-state index >= 15 is 0 Å². The zero-order chi connectivity index (χ0) is 13.2. The van der Waals surface area contributed by atoms with Gasteiger partial charge in [-0.25, -0.2) is 8.42 Å². The first-order valence-electron chi connectivity index (χ1n) is 5.62. The predicted molar refractivity (Wildman–Crippen MR) is 74.0 cm³/mol. The standard InChI is InChI=1S/C14H15NO2S/c1-3-11-15(2)18(16,17)14-10-6-8-12-7-4-5-9-13(12)14/h3-10H,1,11H2,2H3. The van der Waals surface area contributed by atoms with Crippen LogP contribution in [0.2, 0.25) is 0 Å². The normalized spacial score (nSPS) is 11.9. The second-order valence-electron chi connectivity index (χ2n) is 4.05. The summed E-state index contributed by atoms with van der Waals surface area (Å²) in [5.41, 5.74) is 0. The second kappa shape index (κ2) is 4.92. The van der Waals surface area contributed by atoms with Crippen LogP contribution in [-0.4, -0.2) is 26.3 Å². The molecule has 0 aromatic heterocycles. The first-order valence-corrected chi connectivity index (χ1v) is 7.06. The number of fused-ring (bicyclic) bond motifs is 1. The van der Waals surface area contributed by atoms with Crippen LogP contribution < -0.4 is 0 Å². The zero-order valence-corrected chi connectivity index (χ0v) is 11.0. The van der Waals surface area contributed by atoms with Crippen molar-refractivity contribution >= 4 is 20.8 Å². The van der Waals surface area contributed by atoms with Crippen molar-refractivity contribution in [3.63, 3.8) is 0 Å². The van der Waals surface area contributed by atoms with E-state index in [1.807, 2.05) is 30.3 Å². The summed E-state index contributed by atoms with van der Waals surface area (Å²) in [7, 11) is -1.91. The molecule has 0 atom stereocenters. The molecule has 0 fully saturated rings. The fourth-order valence-electron chi connectivity index (χ4n) is 1.87. The van der Waals surface area contributed by atoms with Crippen LogP contribution >= 0.6 is 0 Å². The van der Waals surface area contributed by atoms with E-state index in [0.717, 1.165) is 10.8 Å². The van der Waals surface area contributed by atoms with Gasteiger partial charge in [-0.3, -0.25) is 0 Å². The van der Waals surface area contributed by atoms with Crippen LogP contribution in [0.25, 0.3) is 10.8 Å². The summed E-state index contributed by atoms with van der Waals surface area (Å²) >= 11 is 0. The highest BCUT2D eigenvalue weighted by Crippen LogP contribution is 2.24. The Kier molecular flexibility index (Phi) is 3.50. The summed E-state index contributed by atoms with van der Waals surface area (Å²) in [5, 5.41) is 1.67. The molecule has 0 aliphatic carbocycles. The molecular weight excluding hydrogens is 246 g/mol. The Balaban J connectivity index is 2.64. The summed E-state index contributed by atoms with van der Waals surface area (Å²) in [6.07, 6.45) is 1.57. The van der Waals surface area contributed by atoms with Crippen molar-refractivity contribution in [3.05, 3.63) is 55.1 Å². The van der Waals surface area contributed by atoms with E-state index in [9.17, 15) is 8.42 Å². The summed E-state index contributed by atoms with van der Waals surface area (Å²) in [5.74, 6) is 0. The van der Waals surface area contributed by atoms with Crippen LogP contribution in [0.15, 0.2) is 60.0 Å². The molecule has 0 aliphatic heterocycles. The fourth-order valence-corrected chi connectivity index (χ4v) is 3.22. The maximum atomic E-state index is 12.4. The maximum absolute atomic E-state index is 12.4. The van der Waals surface area contributed by atoms with E-state index in [2.05, 4.69) is 6.58 Å². The highest BCUT2D eigenvalue weighted by atomic mass is 32.2. The third-order valence-electron chi connectivity index (χ3n) is 2.82. The van der Waals surface area contributed by atoms with Gasteiger partial charge in [-0.2, -0.15) is 4.31 Å². The summed E-state index contributed by atoms with van der Waals surface area (Å²) < 4.78 is 26.1. The lowest BCUT2D eigenvalue weighted by Gasteiger charge is -2.16. The van der Waals surface area contributed by atoms with E-state index in [1.165, 1.54) is 4.31 Å². The molecule has 2 aromatic carbocycles. The molecule has 0 N–H and O–H groups in total. The molecule has 0 heterocycles. The average molecular weight is 261 g/mol. The summed E-state index contributed by atoms with van der Waals surface area (Å²) in [6, 6.07) is 12.8. The summed E-state index contributed by atoms with van der Waals surface area (Å²) in [4.78, 5) is 0.338. The van der Waals surface area contributed by atoms with Gasteiger partial charge < -0.3 is 0 Å². The van der Waals surface area contributed by atoms with Gasteiger partial charge in [-0.15, -0.1) is 6.58 Å². The van der Waals surface area contributed by atoms with E-state index < -0.39 is 10.0 Å². The van der Waals surface area contributed by atoms with Crippen LogP contribution in [0, 0.1) is 0 Å². The average Bonchev–Trinajstić information content (AvgIpc) is 2.38. The van der Waals surface area contributed by atoms with Crippen molar-refractivity contribution in [3.8, 4) is 0 Å². The zero-order valence-electron chi connectivity index (χ0n) is 10.2. The fraction of sp³-hybridized carbons (Fsp3) is 0.143. The molecule has 0 amide bonds. The minimum Gasteiger partial charge on any atom is -0.207 e. The van der Waals surface area contributed by atoms with Crippen LogP contribution in [0.3, 0.4) is 0 Å². The molecule has 0 aliphatic rings. The number of nitrogens with zero attached hydrogens (tertiary/aromatic N) is 1. The topological polar surface area (TPSA) is 37.4 Å². The van der Waals surface area contributed by atoms with Gasteiger partial charge in [0.15, 0.2) is 0 Å². The molecule has 94 valence electrons. The Bertz CT molecular complexity index is 672. The molecular formula is C14H15NO2S. The van der Waals surface area contributed by atoms with Gasteiger partial charge in [0, 0.05) is 19.0 Å². The van der Waals surface area contributed by atoms with Crippen LogP contribution in [0.1, 0.15) is 0 Å². The molecule has 18 heavy (non-hydrogen) atoms. The molecule has 2 aromatic rings. The smallest absolute Gasteiger partial charge is 0.207 e. The second-order valence-corrected chi connectivity index (χ2v) is 6.06. The highest BCUT2D eigenvalue weighted by molar-refractivity contribution is 7.89. The number of rotatable bonds is 4. The van der Waals surface area contributed by atoms with E-state index in [-0.39, 0.29) is 0 Å². The quantitative estimate of drug-likeness (QED) is 0.793. The number of sulfonamides is 1. The Morgan fingerprint density at radius 3 is 2.56 bits per heavy atom. The van der Waals surface area contributed by atoms with Gasteiger partial charge in [-0.05, 0) is 11.5 Å². The van der Waals surface area contributed by atoms with Gasteiger partial charge in [0.25, 0.3) is 0 Å².